The minimum Gasteiger partial charge on any atom is -0.303 e. The van der Waals surface area contributed by atoms with Crippen LogP contribution in [0.15, 0.2) is 6.20 Å². The Kier molecular flexibility index (Phi) is 3.14. The fourth-order valence-electron chi connectivity index (χ4n) is 1.97. The zero-order chi connectivity index (χ0) is 9.80. The average Bonchev–Trinajstić information content (AvgIpc) is 2.77. The van der Waals surface area contributed by atoms with Crippen LogP contribution in [-0.2, 0) is 6.54 Å². The predicted molar refractivity (Wildman–Crippen MR) is 55.1 cm³/mol. The monoisotopic (exact) mass is 194 g/mol. The molecule has 4 nitrogen and oxygen atoms in total. The summed E-state index contributed by atoms with van der Waals surface area (Å²) in [6, 6.07) is 0. The third-order valence-electron chi connectivity index (χ3n) is 2.71. The van der Waals surface area contributed by atoms with Gasteiger partial charge >= 0.3 is 0 Å². The molecule has 0 N–H and O–H groups in total. The van der Waals surface area contributed by atoms with Gasteiger partial charge in [0.05, 0.1) is 5.69 Å². The van der Waals surface area contributed by atoms with E-state index in [4.69, 9.17) is 0 Å². The summed E-state index contributed by atoms with van der Waals surface area (Å²) in [5.41, 5.74) is 1.01. The van der Waals surface area contributed by atoms with E-state index in [1.54, 1.807) is 0 Å². The molecule has 1 aliphatic heterocycles. The van der Waals surface area contributed by atoms with Gasteiger partial charge in [0.25, 0.3) is 0 Å². The second-order valence-electron chi connectivity index (χ2n) is 4.03. The Balaban J connectivity index is 1.67. The van der Waals surface area contributed by atoms with Crippen LogP contribution in [0, 0.1) is 6.92 Å². The first-order valence-corrected chi connectivity index (χ1v) is 5.44. The van der Waals surface area contributed by atoms with E-state index in [1.807, 2.05) is 17.8 Å². The molecule has 1 aromatic rings. The van der Waals surface area contributed by atoms with Gasteiger partial charge in [0.2, 0.25) is 0 Å². The molecule has 4 heteroatoms. The molecular weight excluding hydrogens is 176 g/mol. The van der Waals surface area contributed by atoms with E-state index in [0.717, 1.165) is 12.2 Å². The van der Waals surface area contributed by atoms with Crippen LogP contribution in [0.1, 0.15) is 25.0 Å². The number of hydrogen-bond donors (Lipinski definition) is 0. The summed E-state index contributed by atoms with van der Waals surface area (Å²) in [7, 11) is 0. The quantitative estimate of drug-likeness (QED) is 0.719. The maximum atomic E-state index is 4.03. The molecule has 0 amide bonds. The molecule has 1 fully saturated rings. The van der Waals surface area contributed by atoms with Crippen LogP contribution in [-0.4, -0.2) is 39.5 Å². The summed E-state index contributed by atoms with van der Waals surface area (Å²) in [6.07, 6.45) is 5.94. The molecule has 78 valence electrons. The van der Waals surface area contributed by atoms with Crippen molar-refractivity contribution in [3.63, 3.8) is 0 Å². The summed E-state index contributed by atoms with van der Waals surface area (Å²) >= 11 is 0. The topological polar surface area (TPSA) is 34.0 Å². The number of aryl methyl sites for hydroxylation is 2. The molecule has 1 saturated heterocycles. The first-order chi connectivity index (χ1) is 6.84. The molecule has 1 aromatic heterocycles. The van der Waals surface area contributed by atoms with Crippen molar-refractivity contribution in [2.75, 3.05) is 19.6 Å². The molecule has 0 aromatic carbocycles. The number of likely N-dealkylation sites (tertiary alicyclic amines) is 1. The van der Waals surface area contributed by atoms with E-state index < -0.39 is 0 Å². The van der Waals surface area contributed by atoms with E-state index in [9.17, 15) is 0 Å². The van der Waals surface area contributed by atoms with Gasteiger partial charge in [0.1, 0.15) is 0 Å². The molecule has 0 saturated carbocycles. The van der Waals surface area contributed by atoms with Crippen molar-refractivity contribution in [2.45, 2.75) is 32.7 Å². The van der Waals surface area contributed by atoms with Crippen molar-refractivity contribution < 1.29 is 0 Å². The molecule has 2 rings (SSSR count). The third kappa shape index (κ3) is 2.54. The molecule has 0 unspecified atom stereocenters. The van der Waals surface area contributed by atoms with Gasteiger partial charge in [-0.1, -0.05) is 5.21 Å². The lowest BCUT2D eigenvalue weighted by atomic mass is 10.4. The summed E-state index contributed by atoms with van der Waals surface area (Å²) in [6.45, 7) is 6.76. The minimum absolute atomic E-state index is 0.997. The zero-order valence-corrected chi connectivity index (χ0v) is 8.82. The molecular formula is C10H18N4. The highest BCUT2D eigenvalue weighted by molar-refractivity contribution is 4.86. The van der Waals surface area contributed by atoms with Gasteiger partial charge in [-0.2, -0.15) is 0 Å². The summed E-state index contributed by atoms with van der Waals surface area (Å²) in [5, 5.41) is 7.99. The predicted octanol–water partition coefficient (Wildman–Crippen LogP) is 1.07. The Morgan fingerprint density at radius 3 is 2.71 bits per heavy atom. The zero-order valence-electron chi connectivity index (χ0n) is 8.82. The molecule has 1 aliphatic rings. The lowest BCUT2D eigenvalue weighted by Crippen LogP contribution is -2.21. The van der Waals surface area contributed by atoms with Gasteiger partial charge in [-0.15, -0.1) is 5.10 Å². The first-order valence-electron chi connectivity index (χ1n) is 5.44. The summed E-state index contributed by atoms with van der Waals surface area (Å²) in [5.74, 6) is 0. The van der Waals surface area contributed by atoms with Crippen LogP contribution in [0.5, 0.6) is 0 Å². The van der Waals surface area contributed by atoms with Crippen LogP contribution >= 0.6 is 0 Å². The number of aromatic nitrogens is 3. The molecule has 0 atom stereocenters. The van der Waals surface area contributed by atoms with E-state index >= 15 is 0 Å². The van der Waals surface area contributed by atoms with E-state index in [2.05, 4.69) is 15.2 Å². The Bertz CT molecular complexity index is 275. The van der Waals surface area contributed by atoms with Crippen molar-refractivity contribution in [1.29, 1.82) is 0 Å². The second-order valence-corrected chi connectivity index (χ2v) is 4.03. The largest absolute Gasteiger partial charge is 0.303 e. The highest BCUT2D eigenvalue weighted by atomic mass is 15.4. The fourth-order valence-corrected chi connectivity index (χ4v) is 1.97. The van der Waals surface area contributed by atoms with E-state index in [0.29, 0.717) is 0 Å². The first kappa shape index (κ1) is 9.65. The Morgan fingerprint density at radius 1 is 1.29 bits per heavy atom. The maximum Gasteiger partial charge on any atom is 0.0796 e. The average molecular weight is 194 g/mol. The van der Waals surface area contributed by atoms with Crippen LogP contribution in [0.4, 0.5) is 0 Å². The smallest absolute Gasteiger partial charge is 0.0796 e. The van der Waals surface area contributed by atoms with Gasteiger partial charge in [-0.3, -0.25) is 4.68 Å². The molecule has 2 heterocycles. The minimum atomic E-state index is 0.997. The highest BCUT2D eigenvalue weighted by Gasteiger charge is 2.10. The molecule has 0 aliphatic carbocycles. The SMILES string of the molecule is Cc1cn(CCCN2CCCC2)nn1. The van der Waals surface area contributed by atoms with Crippen molar-refractivity contribution in [3.05, 3.63) is 11.9 Å². The third-order valence-corrected chi connectivity index (χ3v) is 2.71. The standard InChI is InChI=1S/C10H18N4/c1-10-9-14(12-11-10)8-4-7-13-5-2-3-6-13/h9H,2-8H2,1H3. The number of hydrogen-bond acceptors (Lipinski definition) is 3. The summed E-state index contributed by atoms with van der Waals surface area (Å²) in [4.78, 5) is 2.53. The Morgan fingerprint density at radius 2 is 2.07 bits per heavy atom. The van der Waals surface area contributed by atoms with Crippen molar-refractivity contribution in [3.8, 4) is 0 Å². The number of nitrogens with zero attached hydrogens (tertiary/aromatic N) is 4. The second kappa shape index (κ2) is 4.55. The van der Waals surface area contributed by atoms with Crippen molar-refractivity contribution in [1.82, 2.24) is 19.9 Å². The highest BCUT2D eigenvalue weighted by Crippen LogP contribution is 2.07. The normalized spacial score (nSPS) is 17.8. The van der Waals surface area contributed by atoms with E-state index in [1.165, 1.54) is 38.9 Å². The number of rotatable bonds is 4. The van der Waals surface area contributed by atoms with Gasteiger partial charge < -0.3 is 4.90 Å². The fraction of sp³-hybridized carbons (Fsp3) is 0.800. The lowest BCUT2D eigenvalue weighted by molar-refractivity contribution is 0.321. The van der Waals surface area contributed by atoms with Crippen LogP contribution in [0.3, 0.4) is 0 Å². The summed E-state index contributed by atoms with van der Waals surface area (Å²) < 4.78 is 1.94. The molecule has 0 bridgehead atoms. The van der Waals surface area contributed by atoms with Crippen molar-refractivity contribution in [2.24, 2.45) is 0 Å². The van der Waals surface area contributed by atoms with Gasteiger partial charge in [0.15, 0.2) is 0 Å². The lowest BCUT2D eigenvalue weighted by Gasteiger charge is -2.13. The Labute approximate surface area is 84.9 Å². The van der Waals surface area contributed by atoms with E-state index in [-0.39, 0.29) is 0 Å². The van der Waals surface area contributed by atoms with Gasteiger partial charge in [-0.05, 0) is 45.8 Å². The Hall–Kier alpha value is -0.900. The molecule has 0 radical (unpaired) electrons. The van der Waals surface area contributed by atoms with Crippen molar-refractivity contribution >= 4 is 0 Å². The van der Waals surface area contributed by atoms with Crippen LogP contribution < -0.4 is 0 Å². The van der Waals surface area contributed by atoms with Crippen LogP contribution in [0.2, 0.25) is 0 Å². The maximum absolute atomic E-state index is 4.03. The molecule has 0 spiro atoms. The van der Waals surface area contributed by atoms with Gasteiger partial charge in [0, 0.05) is 12.7 Å². The molecule has 14 heavy (non-hydrogen) atoms. The van der Waals surface area contributed by atoms with Crippen LogP contribution in [0.25, 0.3) is 0 Å². The van der Waals surface area contributed by atoms with Gasteiger partial charge in [-0.25, -0.2) is 0 Å².